The first-order valence-electron chi connectivity index (χ1n) is 9.80. The number of nitrogens with zero attached hydrogens (tertiary/aromatic N) is 4. The van der Waals surface area contributed by atoms with E-state index in [1.54, 1.807) is 18.3 Å². The summed E-state index contributed by atoms with van der Waals surface area (Å²) in [5.41, 5.74) is 1.44. The van der Waals surface area contributed by atoms with Crippen molar-refractivity contribution in [2.75, 3.05) is 11.1 Å². The number of carbonyl (C=O) groups is 1. The normalized spacial score (nSPS) is 10.9. The number of hydrogen-bond acceptors (Lipinski definition) is 5. The van der Waals surface area contributed by atoms with Crippen LogP contribution >= 0.6 is 35.0 Å². The predicted molar refractivity (Wildman–Crippen MR) is 123 cm³/mol. The van der Waals surface area contributed by atoms with E-state index in [1.165, 1.54) is 24.6 Å². The Bertz CT molecular complexity index is 978. The number of anilines is 1. The minimum absolute atomic E-state index is 0.177. The van der Waals surface area contributed by atoms with E-state index in [0.29, 0.717) is 15.9 Å². The molecular weight excluding hydrogens is 441 g/mol. The quantitative estimate of drug-likeness (QED) is 0.228. The molecule has 9 heteroatoms. The summed E-state index contributed by atoms with van der Waals surface area (Å²) in [6, 6.07) is 11.0. The summed E-state index contributed by atoms with van der Waals surface area (Å²) in [6.07, 6.45) is 6.10. The zero-order chi connectivity index (χ0) is 21.3. The number of unbranched alkanes of at least 4 members (excludes halogenated alkanes) is 3. The van der Waals surface area contributed by atoms with Crippen LogP contribution in [0, 0.1) is 0 Å². The molecule has 0 spiro atoms. The van der Waals surface area contributed by atoms with Gasteiger partial charge in [0.25, 0.3) is 0 Å². The third-order valence-corrected chi connectivity index (χ3v) is 5.94. The van der Waals surface area contributed by atoms with Crippen molar-refractivity contribution >= 4 is 46.6 Å². The number of pyridine rings is 1. The molecular formula is C21H23Cl2N5OS. The first-order chi connectivity index (χ1) is 14.6. The second kappa shape index (κ2) is 11.3. The maximum absolute atomic E-state index is 12.4. The minimum atomic E-state index is -0.177. The second-order valence-electron chi connectivity index (χ2n) is 6.70. The van der Waals surface area contributed by atoms with Crippen LogP contribution in [0.15, 0.2) is 47.8 Å². The van der Waals surface area contributed by atoms with Crippen molar-refractivity contribution in [3.8, 4) is 11.4 Å². The SMILES string of the molecule is CCCCCCn1c(SCC(=O)Nc2cccnc2Cl)nnc1-c1ccc(Cl)cc1. The van der Waals surface area contributed by atoms with Crippen LogP contribution in [0.5, 0.6) is 0 Å². The number of amides is 1. The summed E-state index contributed by atoms with van der Waals surface area (Å²) in [7, 11) is 0. The molecule has 30 heavy (non-hydrogen) atoms. The number of thioether (sulfide) groups is 1. The third kappa shape index (κ3) is 6.20. The van der Waals surface area contributed by atoms with Gasteiger partial charge < -0.3 is 9.88 Å². The van der Waals surface area contributed by atoms with Crippen LogP contribution in [0.1, 0.15) is 32.6 Å². The lowest BCUT2D eigenvalue weighted by Gasteiger charge is -2.11. The van der Waals surface area contributed by atoms with Gasteiger partial charge >= 0.3 is 0 Å². The van der Waals surface area contributed by atoms with Crippen LogP contribution in [0.3, 0.4) is 0 Å². The molecule has 0 fully saturated rings. The van der Waals surface area contributed by atoms with Gasteiger partial charge in [0.1, 0.15) is 0 Å². The summed E-state index contributed by atoms with van der Waals surface area (Å²) in [4.78, 5) is 16.3. The molecule has 0 aliphatic heterocycles. The van der Waals surface area contributed by atoms with E-state index in [0.717, 1.165) is 30.8 Å². The van der Waals surface area contributed by atoms with Crippen molar-refractivity contribution in [1.29, 1.82) is 0 Å². The number of nitrogens with one attached hydrogen (secondary N) is 1. The van der Waals surface area contributed by atoms with Gasteiger partial charge in [-0.05, 0) is 42.8 Å². The van der Waals surface area contributed by atoms with E-state index >= 15 is 0 Å². The molecule has 6 nitrogen and oxygen atoms in total. The van der Waals surface area contributed by atoms with Crippen LogP contribution in [-0.2, 0) is 11.3 Å². The van der Waals surface area contributed by atoms with Crippen LogP contribution in [-0.4, -0.2) is 31.4 Å². The minimum Gasteiger partial charge on any atom is -0.323 e. The Kier molecular flexibility index (Phi) is 8.54. The molecule has 2 aromatic heterocycles. The first-order valence-corrected chi connectivity index (χ1v) is 11.5. The topological polar surface area (TPSA) is 72.7 Å². The van der Waals surface area contributed by atoms with Crippen molar-refractivity contribution in [3.05, 3.63) is 52.8 Å². The molecule has 1 amide bonds. The van der Waals surface area contributed by atoms with E-state index in [1.807, 2.05) is 24.3 Å². The molecule has 3 rings (SSSR count). The lowest BCUT2D eigenvalue weighted by Crippen LogP contribution is -2.15. The summed E-state index contributed by atoms with van der Waals surface area (Å²) >= 11 is 13.4. The van der Waals surface area contributed by atoms with Gasteiger partial charge in [-0.25, -0.2) is 4.98 Å². The average Bonchev–Trinajstić information content (AvgIpc) is 3.15. The molecule has 0 saturated carbocycles. The monoisotopic (exact) mass is 463 g/mol. The van der Waals surface area contributed by atoms with Crippen molar-refractivity contribution in [3.63, 3.8) is 0 Å². The predicted octanol–water partition coefficient (Wildman–Crippen LogP) is 5.96. The number of carbonyl (C=O) groups excluding carboxylic acids is 1. The molecule has 1 N–H and O–H groups in total. The maximum atomic E-state index is 12.4. The van der Waals surface area contributed by atoms with Crippen LogP contribution < -0.4 is 5.32 Å². The molecule has 158 valence electrons. The summed E-state index contributed by atoms with van der Waals surface area (Å²) < 4.78 is 2.08. The van der Waals surface area contributed by atoms with Crippen molar-refractivity contribution < 1.29 is 4.79 Å². The first kappa shape index (κ1) is 22.6. The van der Waals surface area contributed by atoms with Crippen molar-refractivity contribution in [1.82, 2.24) is 19.7 Å². The Hall–Kier alpha value is -2.09. The molecule has 0 bridgehead atoms. The van der Waals surface area contributed by atoms with Crippen LogP contribution in [0.2, 0.25) is 10.2 Å². The van der Waals surface area contributed by atoms with Crippen molar-refractivity contribution in [2.45, 2.75) is 44.3 Å². The fourth-order valence-corrected chi connectivity index (χ4v) is 3.96. The highest BCUT2D eigenvalue weighted by molar-refractivity contribution is 7.99. The Balaban J connectivity index is 1.71. The van der Waals surface area contributed by atoms with E-state index in [2.05, 4.69) is 32.0 Å². The van der Waals surface area contributed by atoms with Gasteiger partial charge in [-0.2, -0.15) is 0 Å². The Labute approximate surface area is 190 Å². The number of halogens is 2. The second-order valence-corrected chi connectivity index (χ2v) is 8.44. The third-order valence-electron chi connectivity index (χ3n) is 4.42. The smallest absolute Gasteiger partial charge is 0.234 e. The molecule has 1 aromatic carbocycles. The summed E-state index contributed by atoms with van der Waals surface area (Å²) in [5, 5.41) is 13.1. The Morgan fingerprint density at radius 2 is 1.90 bits per heavy atom. The van der Waals surface area contributed by atoms with Gasteiger partial charge in [-0.3, -0.25) is 4.79 Å². The lowest BCUT2D eigenvalue weighted by molar-refractivity contribution is -0.113. The standard InChI is InChI=1S/C21H23Cl2N5OS/c1-2-3-4-5-13-28-20(15-8-10-16(22)11-9-15)26-27-21(28)30-14-18(29)25-17-7-6-12-24-19(17)23/h6-12H,2-5,13-14H2,1H3,(H,25,29). The maximum Gasteiger partial charge on any atom is 0.234 e. The van der Waals surface area contributed by atoms with Gasteiger partial charge in [0.15, 0.2) is 16.1 Å². The van der Waals surface area contributed by atoms with Crippen molar-refractivity contribution in [2.24, 2.45) is 0 Å². The van der Waals surface area contributed by atoms with Gasteiger partial charge in [0.05, 0.1) is 11.4 Å². The van der Waals surface area contributed by atoms with Gasteiger partial charge in [-0.1, -0.05) is 61.1 Å². The lowest BCUT2D eigenvalue weighted by atomic mass is 10.2. The highest BCUT2D eigenvalue weighted by Crippen LogP contribution is 2.26. The zero-order valence-electron chi connectivity index (χ0n) is 16.6. The van der Waals surface area contributed by atoms with E-state index < -0.39 is 0 Å². The zero-order valence-corrected chi connectivity index (χ0v) is 19.0. The van der Waals surface area contributed by atoms with Crippen LogP contribution in [0.25, 0.3) is 11.4 Å². The molecule has 0 unspecified atom stereocenters. The van der Waals surface area contributed by atoms with E-state index in [9.17, 15) is 4.79 Å². The number of benzene rings is 1. The molecule has 0 saturated heterocycles. The molecule has 3 aromatic rings. The molecule has 0 aliphatic carbocycles. The summed E-state index contributed by atoms with van der Waals surface area (Å²) in [5.74, 6) is 0.795. The number of rotatable bonds is 10. The van der Waals surface area contributed by atoms with Gasteiger partial charge in [0, 0.05) is 23.3 Å². The average molecular weight is 464 g/mol. The Morgan fingerprint density at radius 3 is 2.63 bits per heavy atom. The largest absolute Gasteiger partial charge is 0.323 e. The van der Waals surface area contributed by atoms with Crippen LogP contribution in [0.4, 0.5) is 5.69 Å². The molecule has 0 aliphatic rings. The Morgan fingerprint density at radius 1 is 1.10 bits per heavy atom. The van der Waals surface area contributed by atoms with Gasteiger partial charge in [-0.15, -0.1) is 10.2 Å². The number of hydrogen-bond donors (Lipinski definition) is 1. The van der Waals surface area contributed by atoms with E-state index in [-0.39, 0.29) is 16.8 Å². The highest BCUT2D eigenvalue weighted by Gasteiger charge is 2.16. The molecule has 2 heterocycles. The fourth-order valence-electron chi connectivity index (χ4n) is 2.90. The number of aromatic nitrogens is 4. The van der Waals surface area contributed by atoms with E-state index in [4.69, 9.17) is 23.2 Å². The fraction of sp³-hybridized carbons (Fsp3) is 0.333. The summed E-state index contributed by atoms with van der Waals surface area (Å²) in [6.45, 7) is 2.98. The molecule has 0 radical (unpaired) electrons. The van der Waals surface area contributed by atoms with Gasteiger partial charge in [0.2, 0.25) is 5.91 Å². The highest BCUT2D eigenvalue weighted by atomic mass is 35.5. The molecule has 0 atom stereocenters.